The number of hydrogen-bond donors (Lipinski definition) is 2. The number of hydrogen-bond acceptors (Lipinski definition) is 3. The van der Waals surface area contributed by atoms with E-state index in [4.69, 9.17) is 5.11 Å². The molecule has 0 aromatic carbocycles. The summed E-state index contributed by atoms with van der Waals surface area (Å²) in [4.78, 5) is 25.5. The predicted octanol–water partition coefficient (Wildman–Crippen LogP) is 1.61. The molecule has 2 unspecified atom stereocenters. The van der Waals surface area contributed by atoms with Crippen molar-refractivity contribution in [3.8, 4) is 0 Å². The van der Waals surface area contributed by atoms with Gasteiger partial charge < -0.3 is 15.3 Å². The molecular weight excluding hydrogens is 252 g/mol. The Morgan fingerprint density at radius 2 is 2.33 bits per heavy atom. The smallest absolute Gasteiger partial charge is 0.317 e. The van der Waals surface area contributed by atoms with Gasteiger partial charge in [0.25, 0.3) is 0 Å². The van der Waals surface area contributed by atoms with Gasteiger partial charge in [0, 0.05) is 18.0 Å². The highest BCUT2D eigenvalue weighted by Gasteiger charge is 2.36. The van der Waals surface area contributed by atoms with Gasteiger partial charge in [-0.3, -0.25) is 4.79 Å². The van der Waals surface area contributed by atoms with E-state index < -0.39 is 11.9 Å². The Balaban J connectivity index is 1.85. The molecule has 1 aliphatic rings. The second kappa shape index (κ2) is 5.39. The Labute approximate surface area is 109 Å². The maximum Gasteiger partial charge on any atom is 0.317 e. The number of thiophene rings is 1. The molecule has 1 aliphatic heterocycles. The monoisotopic (exact) mass is 268 g/mol. The molecule has 18 heavy (non-hydrogen) atoms. The van der Waals surface area contributed by atoms with Gasteiger partial charge in [-0.25, -0.2) is 4.79 Å². The first-order chi connectivity index (χ1) is 8.58. The SMILES string of the molecule is CC1CN(C(=O)NCc2cccs2)CC1C(=O)O. The van der Waals surface area contributed by atoms with Gasteiger partial charge in [-0.15, -0.1) is 11.3 Å². The van der Waals surface area contributed by atoms with Crippen molar-refractivity contribution in [3.63, 3.8) is 0 Å². The minimum Gasteiger partial charge on any atom is -0.481 e. The molecule has 6 heteroatoms. The van der Waals surface area contributed by atoms with E-state index in [2.05, 4.69) is 5.32 Å². The van der Waals surface area contributed by atoms with E-state index in [1.807, 2.05) is 24.4 Å². The molecule has 2 atom stereocenters. The van der Waals surface area contributed by atoms with Crippen LogP contribution in [0, 0.1) is 11.8 Å². The number of rotatable bonds is 3. The van der Waals surface area contributed by atoms with Crippen LogP contribution in [0.15, 0.2) is 17.5 Å². The average molecular weight is 268 g/mol. The number of carboxylic acids is 1. The molecule has 1 aromatic heterocycles. The highest BCUT2D eigenvalue weighted by molar-refractivity contribution is 7.09. The highest BCUT2D eigenvalue weighted by atomic mass is 32.1. The summed E-state index contributed by atoms with van der Waals surface area (Å²) in [5, 5.41) is 13.8. The number of carbonyl (C=O) groups excluding carboxylic acids is 1. The fourth-order valence-corrected chi connectivity index (χ4v) is 2.79. The molecule has 2 rings (SSSR count). The van der Waals surface area contributed by atoms with E-state index in [0.29, 0.717) is 19.6 Å². The number of nitrogens with one attached hydrogen (secondary N) is 1. The lowest BCUT2D eigenvalue weighted by molar-refractivity contribution is -0.142. The minimum absolute atomic E-state index is 0.00925. The summed E-state index contributed by atoms with van der Waals surface area (Å²) in [7, 11) is 0. The van der Waals surface area contributed by atoms with E-state index in [9.17, 15) is 9.59 Å². The van der Waals surface area contributed by atoms with Gasteiger partial charge in [-0.2, -0.15) is 0 Å². The molecule has 1 saturated heterocycles. The van der Waals surface area contributed by atoms with Crippen molar-refractivity contribution in [3.05, 3.63) is 22.4 Å². The summed E-state index contributed by atoms with van der Waals surface area (Å²) >= 11 is 1.59. The maximum atomic E-state index is 11.9. The molecule has 0 aliphatic carbocycles. The molecule has 98 valence electrons. The molecule has 0 bridgehead atoms. The molecule has 0 spiro atoms. The zero-order valence-electron chi connectivity index (χ0n) is 10.1. The molecule has 0 saturated carbocycles. The number of amides is 2. The van der Waals surface area contributed by atoms with Crippen LogP contribution in [0.3, 0.4) is 0 Å². The lowest BCUT2D eigenvalue weighted by atomic mass is 9.99. The lowest BCUT2D eigenvalue weighted by Gasteiger charge is -2.16. The third kappa shape index (κ3) is 2.81. The van der Waals surface area contributed by atoms with Crippen molar-refractivity contribution in [1.82, 2.24) is 10.2 Å². The fourth-order valence-electron chi connectivity index (χ4n) is 2.14. The molecule has 1 aromatic rings. The Morgan fingerprint density at radius 1 is 1.56 bits per heavy atom. The second-order valence-electron chi connectivity index (χ2n) is 4.57. The first kappa shape index (κ1) is 12.9. The summed E-state index contributed by atoms with van der Waals surface area (Å²) in [5.74, 6) is -1.26. The van der Waals surface area contributed by atoms with E-state index in [-0.39, 0.29) is 11.9 Å². The number of likely N-dealkylation sites (tertiary alicyclic amines) is 1. The summed E-state index contributed by atoms with van der Waals surface area (Å²) in [6.45, 7) is 3.17. The van der Waals surface area contributed by atoms with Crippen LogP contribution < -0.4 is 5.32 Å². The van der Waals surface area contributed by atoms with Crippen molar-refractivity contribution >= 4 is 23.3 Å². The molecule has 2 amide bonds. The van der Waals surface area contributed by atoms with Gasteiger partial charge in [0.15, 0.2) is 0 Å². The third-order valence-electron chi connectivity index (χ3n) is 3.21. The van der Waals surface area contributed by atoms with Crippen LogP contribution >= 0.6 is 11.3 Å². The molecule has 2 N–H and O–H groups in total. The zero-order valence-corrected chi connectivity index (χ0v) is 10.9. The van der Waals surface area contributed by atoms with Crippen LogP contribution in [-0.2, 0) is 11.3 Å². The van der Waals surface area contributed by atoms with Gasteiger partial charge in [-0.05, 0) is 17.4 Å². The topological polar surface area (TPSA) is 69.6 Å². The summed E-state index contributed by atoms with van der Waals surface area (Å²) in [6, 6.07) is 3.71. The van der Waals surface area contributed by atoms with Crippen LogP contribution in [0.4, 0.5) is 4.79 Å². The Bertz CT molecular complexity index is 433. The van der Waals surface area contributed by atoms with Crippen molar-refractivity contribution < 1.29 is 14.7 Å². The van der Waals surface area contributed by atoms with Crippen molar-refractivity contribution in [1.29, 1.82) is 0 Å². The number of carboxylic acid groups (broad SMARTS) is 1. The number of aliphatic carboxylic acids is 1. The molecule has 1 fully saturated rings. The standard InChI is InChI=1S/C12H16N2O3S/c1-8-6-14(7-10(8)11(15)16)12(17)13-5-9-3-2-4-18-9/h2-4,8,10H,5-7H2,1H3,(H,13,17)(H,15,16). The second-order valence-corrected chi connectivity index (χ2v) is 5.60. The summed E-state index contributed by atoms with van der Waals surface area (Å²) < 4.78 is 0. The van der Waals surface area contributed by atoms with Gasteiger partial charge in [0.1, 0.15) is 0 Å². The lowest BCUT2D eigenvalue weighted by Crippen LogP contribution is -2.38. The van der Waals surface area contributed by atoms with Crippen molar-refractivity contribution in [2.75, 3.05) is 13.1 Å². The largest absolute Gasteiger partial charge is 0.481 e. The number of carbonyl (C=O) groups is 2. The van der Waals surface area contributed by atoms with Gasteiger partial charge in [-0.1, -0.05) is 13.0 Å². The predicted molar refractivity (Wildman–Crippen MR) is 68.4 cm³/mol. The van der Waals surface area contributed by atoms with Gasteiger partial charge in [0.05, 0.1) is 12.5 Å². The van der Waals surface area contributed by atoms with E-state index in [0.717, 1.165) is 4.88 Å². The van der Waals surface area contributed by atoms with Crippen LogP contribution in [0.1, 0.15) is 11.8 Å². The maximum absolute atomic E-state index is 11.9. The summed E-state index contributed by atoms with van der Waals surface area (Å²) in [5.41, 5.74) is 0. The third-order valence-corrected chi connectivity index (χ3v) is 4.09. The molecule has 0 radical (unpaired) electrons. The first-order valence-electron chi connectivity index (χ1n) is 5.86. The van der Waals surface area contributed by atoms with Crippen LogP contribution in [0.25, 0.3) is 0 Å². The van der Waals surface area contributed by atoms with Crippen LogP contribution in [0.2, 0.25) is 0 Å². The molecular formula is C12H16N2O3S. The van der Waals surface area contributed by atoms with E-state index in [1.165, 1.54) is 0 Å². The van der Waals surface area contributed by atoms with E-state index >= 15 is 0 Å². The normalized spacial score (nSPS) is 23.1. The van der Waals surface area contributed by atoms with Gasteiger partial charge in [0.2, 0.25) is 0 Å². The highest BCUT2D eigenvalue weighted by Crippen LogP contribution is 2.23. The van der Waals surface area contributed by atoms with Gasteiger partial charge >= 0.3 is 12.0 Å². The minimum atomic E-state index is -0.823. The first-order valence-corrected chi connectivity index (χ1v) is 6.74. The Hall–Kier alpha value is -1.56. The number of urea groups is 1. The number of nitrogens with zero attached hydrogens (tertiary/aromatic N) is 1. The fraction of sp³-hybridized carbons (Fsp3) is 0.500. The zero-order chi connectivity index (χ0) is 13.1. The van der Waals surface area contributed by atoms with Crippen molar-refractivity contribution in [2.45, 2.75) is 13.5 Å². The molecule has 5 nitrogen and oxygen atoms in total. The molecule has 2 heterocycles. The Morgan fingerprint density at radius 3 is 2.89 bits per heavy atom. The summed E-state index contributed by atoms with van der Waals surface area (Å²) in [6.07, 6.45) is 0. The van der Waals surface area contributed by atoms with E-state index in [1.54, 1.807) is 16.2 Å². The van der Waals surface area contributed by atoms with Crippen molar-refractivity contribution in [2.24, 2.45) is 11.8 Å². The quantitative estimate of drug-likeness (QED) is 0.875. The van der Waals surface area contributed by atoms with Crippen LogP contribution in [-0.4, -0.2) is 35.1 Å². The Kier molecular flexibility index (Phi) is 3.86. The average Bonchev–Trinajstić information content (AvgIpc) is 2.94. The van der Waals surface area contributed by atoms with Crippen LogP contribution in [0.5, 0.6) is 0 Å².